The fourth-order valence-electron chi connectivity index (χ4n) is 4.30. The molecule has 8 heteroatoms. The fraction of sp³-hybridized carbons (Fsp3) is 0.333. The smallest absolute Gasteiger partial charge is 0.270 e. The summed E-state index contributed by atoms with van der Waals surface area (Å²) in [4.78, 5) is 27.8. The van der Waals surface area contributed by atoms with E-state index < -0.39 is 0 Å². The van der Waals surface area contributed by atoms with E-state index in [0.29, 0.717) is 41.6 Å². The number of aromatic nitrogens is 1. The van der Waals surface area contributed by atoms with Crippen molar-refractivity contribution in [2.45, 2.75) is 19.4 Å². The lowest BCUT2D eigenvalue weighted by Gasteiger charge is -2.18. The molecule has 32 heavy (non-hydrogen) atoms. The summed E-state index contributed by atoms with van der Waals surface area (Å²) in [5, 5.41) is 3.80. The number of carbonyl (C=O) groups is 2. The molecule has 1 aliphatic heterocycles. The minimum absolute atomic E-state index is 0.0174. The maximum atomic E-state index is 13.4. The number of rotatable bonds is 7. The van der Waals surface area contributed by atoms with Gasteiger partial charge in [0.15, 0.2) is 11.5 Å². The highest BCUT2D eigenvalue weighted by Gasteiger charge is 2.31. The van der Waals surface area contributed by atoms with Gasteiger partial charge >= 0.3 is 0 Å². The minimum atomic E-state index is -0.276. The van der Waals surface area contributed by atoms with Gasteiger partial charge in [-0.05, 0) is 30.7 Å². The highest BCUT2D eigenvalue weighted by atomic mass is 16.5. The van der Waals surface area contributed by atoms with Crippen molar-refractivity contribution in [3.63, 3.8) is 0 Å². The molecular weight excluding hydrogens is 410 g/mol. The lowest BCUT2D eigenvalue weighted by atomic mass is 10.1. The van der Waals surface area contributed by atoms with Crippen LogP contribution in [0.5, 0.6) is 17.2 Å². The first-order valence-electron chi connectivity index (χ1n) is 10.4. The van der Waals surface area contributed by atoms with Crippen LogP contribution in [0.15, 0.2) is 36.4 Å². The van der Waals surface area contributed by atoms with Gasteiger partial charge < -0.3 is 29.0 Å². The Bertz CT molecular complexity index is 1180. The van der Waals surface area contributed by atoms with Crippen LogP contribution in [-0.4, -0.2) is 44.3 Å². The predicted molar refractivity (Wildman–Crippen MR) is 122 cm³/mol. The quantitative estimate of drug-likeness (QED) is 0.614. The number of carbonyl (C=O) groups excluding carboxylic acids is 2. The Balaban J connectivity index is 1.74. The molecule has 2 heterocycles. The summed E-state index contributed by atoms with van der Waals surface area (Å²) in [6.45, 7) is 0.830. The number of anilines is 1. The predicted octanol–water partition coefficient (Wildman–Crippen LogP) is 3.26. The van der Waals surface area contributed by atoms with Crippen molar-refractivity contribution in [2.75, 3.05) is 32.8 Å². The molecule has 1 saturated heterocycles. The van der Waals surface area contributed by atoms with Crippen LogP contribution < -0.4 is 24.4 Å². The van der Waals surface area contributed by atoms with Gasteiger partial charge in [-0.25, -0.2) is 0 Å². The lowest BCUT2D eigenvalue weighted by molar-refractivity contribution is -0.117. The normalized spacial score (nSPS) is 13.5. The molecule has 2 aromatic carbocycles. The number of hydrogen-bond acceptors (Lipinski definition) is 5. The van der Waals surface area contributed by atoms with Crippen LogP contribution in [0.2, 0.25) is 0 Å². The van der Waals surface area contributed by atoms with Crippen molar-refractivity contribution in [1.82, 2.24) is 9.88 Å². The highest BCUT2D eigenvalue weighted by molar-refractivity contribution is 6.14. The summed E-state index contributed by atoms with van der Waals surface area (Å²) < 4.78 is 18.0. The van der Waals surface area contributed by atoms with E-state index >= 15 is 0 Å². The summed E-state index contributed by atoms with van der Waals surface area (Å²) in [5.74, 6) is 1.58. The molecule has 1 fully saturated rings. The first-order valence-corrected chi connectivity index (χ1v) is 10.4. The number of aryl methyl sites for hydroxylation is 1. The number of para-hydroxylation sites is 1. The summed E-state index contributed by atoms with van der Waals surface area (Å²) >= 11 is 0. The molecule has 8 nitrogen and oxygen atoms in total. The maximum absolute atomic E-state index is 13.4. The first kappa shape index (κ1) is 21.5. The molecule has 0 atom stereocenters. The van der Waals surface area contributed by atoms with Crippen molar-refractivity contribution in [3.05, 3.63) is 47.7 Å². The number of benzene rings is 2. The average Bonchev–Trinajstić information content (AvgIpc) is 3.36. The van der Waals surface area contributed by atoms with Gasteiger partial charge in [-0.3, -0.25) is 9.59 Å². The summed E-state index contributed by atoms with van der Waals surface area (Å²) in [6.07, 6.45) is 1.24. The monoisotopic (exact) mass is 437 g/mol. The van der Waals surface area contributed by atoms with Crippen LogP contribution in [0, 0.1) is 0 Å². The molecule has 1 N–H and O–H groups in total. The number of nitrogens with one attached hydrogen (secondary N) is 1. The second kappa shape index (κ2) is 8.82. The number of hydrogen-bond donors (Lipinski definition) is 1. The largest absolute Gasteiger partial charge is 0.497 e. The van der Waals surface area contributed by atoms with E-state index in [4.69, 9.17) is 14.2 Å². The highest BCUT2D eigenvalue weighted by Crippen LogP contribution is 2.38. The topological polar surface area (TPSA) is 82.0 Å². The van der Waals surface area contributed by atoms with E-state index in [-0.39, 0.29) is 18.4 Å². The third-order valence-electron chi connectivity index (χ3n) is 5.86. The molecule has 0 spiro atoms. The molecule has 2 amide bonds. The van der Waals surface area contributed by atoms with Crippen molar-refractivity contribution in [2.24, 2.45) is 7.05 Å². The van der Waals surface area contributed by atoms with Crippen LogP contribution in [0.4, 0.5) is 5.69 Å². The number of methoxy groups -OCH3 is 3. The fourth-order valence-corrected chi connectivity index (χ4v) is 4.30. The zero-order valence-corrected chi connectivity index (χ0v) is 18.7. The van der Waals surface area contributed by atoms with Crippen molar-refractivity contribution in [1.29, 1.82) is 0 Å². The SMILES string of the molecule is COc1ccc2c(c1)c(N1CCCC1=O)c(C(=O)NCc1cccc(OC)c1OC)n2C. The molecule has 3 aromatic rings. The molecule has 0 saturated carbocycles. The average molecular weight is 437 g/mol. The molecule has 1 aromatic heterocycles. The molecule has 0 unspecified atom stereocenters. The summed E-state index contributed by atoms with van der Waals surface area (Å²) in [6, 6.07) is 11.1. The van der Waals surface area contributed by atoms with Gasteiger partial charge in [0.05, 0.1) is 32.5 Å². The van der Waals surface area contributed by atoms with E-state index in [9.17, 15) is 9.59 Å². The molecular formula is C24H27N3O5. The van der Waals surface area contributed by atoms with E-state index in [1.165, 1.54) is 0 Å². The Kier molecular flexibility index (Phi) is 5.94. The van der Waals surface area contributed by atoms with Gasteiger partial charge in [0, 0.05) is 37.5 Å². The van der Waals surface area contributed by atoms with Gasteiger partial charge in [-0.2, -0.15) is 0 Å². The molecule has 168 valence electrons. The first-order chi connectivity index (χ1) is 15.5. The second-order valence-electron chi connectivity index (χ2n) is 7.62. The Morgan fingerprint density at radius 2 is 1.91 bits per heavy atom. The van der Waals surface area contributed by atoms with Gasteiger partial charge in [0.2, 0.25) is 5.91 Å². The minimum Gasteiger partial charge on any atom is -0.497 e. The Morgan fingerprint density at radius 3 is 2.56 bits per heavy atom. The zero-order chi connectivity index (χ0) is 22.8. The van der Waals surface area contributed by atoms with E-state index in [0.717, 1.165) is 22.9 Å². The number of ether oxygens (including phenoxy) is 3. The van der Waals surface area contributed by atoms with E-state index in [1.807, 2.05) is 41.9 Å². The molecule has 4 rings (SSSR count). The van der Waals surface area contributed by atoms with Crippen molar-refractivity contribution < 1.29 is 23.8 Å². The third-order valence-corrected chi connectivity index (χ3v) is 5.86. The summed E-state index contributed by atoms with van der Waals surface area (Å²) in [5.41, 5.74) is 2.70. The lowest BCUT2D eigenvalue weighted by Crippen LogP contribution is -2.30. The Labute approximate surface area is 186 Å². The molecule has 1 aliphatic rings. The van der Waals surface area contributed by atoms with E-state index in [1.54, 1.807) is 32.3 Å². The van der Waals surface area contributed by atoms with Crippen LogP contribution in [-0.2, 0) is 18.4 Å². The van der Waals surface area contributed by atoms with Crippen LogP contribution in [0.3, 0.4) is 0 Å². The van der Waals surface area contributed by atoms with Gasteiger partial charge in [0.25, 0.3) is 5.91 Å². The van der Waals surface area contributed by atoms with E-state index in [2.05, 4.69) is 5.32 Å². The number of nitrogens with zero attached hydrogens (tertiary/aromatic N) is 2. The van der Waals surface area contributed by atoms with Crippen LogP contribution >= 0.6 is 0 Å². The van der Waals surface area contributed by atoms with Crippen molar-refractivity contribution >= 4 is 28.4 Å². The molecule has 0 bridgehead atoms. The Morgan fingerprint density at radius 1 is 1.09 bits per heavy atom. The maximum Gasteiger partial charge on any atom is 0.270 e. The molecule has 0 radical (unpaired) electrons. The standard InChI is InChI=1S/C24H27N3O5/c1-26-18-11-10-16(30-2)13-17(18)21(27-12-6-9-20(27)28)22(26)24(29)25-14-15-7-5-8-19(31-3)23(15)32-4/h5,7-8,10-11,13H,6,9,12,14H2,1-4H3,(H,25,29). The number of amides is 2. The summed E-state index contributed by atoms with van der Waals surface area (Å²) in [7, 11) is 6.57. The zero-order valence-electron chi connectivity index (χ0n) is 18.7. The molecule has 0 aliphatic carbocycles. The second-order valence-corrected chi connectivity index (χ2v) is 7.62. The van der Waals surface area contributed by atoms with Gasteiger partial charge in [0.1, 0.15) is 11.4 Å². The van der Waals surface area contributed by atoms with Crippen LogP contribution in [0.25, 0.3) is 10.9 Å². The van der Waals surface area contributed by atoms with Crippen LogP contribution in [0.1, 0.15) is 28.9 Å². The number of fused-ring (bicyclic) bond motifs is 1. The van der Waals surface area contributed by atoms with Gasteiger partial charge in [-0.15, -0.1) is 0 Å². The van der Waals surface area contributed by atoms with Crippen molar-refractivity contribution in [3.8, 4) is 17.2 Å². The van der Waals surface area contributed by atoms with Gasteiger partial charge in [-0.1, -0.05) is 12.1 Å². The Hall–Kier alpha value is -3.68. The third kappa shape index (κ3) is 3.62.